The molecule has 3 heterocycles. The van der Waals surface area contributed by atoms with E-state index < -0.39 is 0 Å². The first-order valence-electron chi connectivity index (χ1n) is 8.26. The van der Waals surface area contributed by atoms with Crippen LogP contribution in [0.5, 0.6) is 0 Å². The molecule has 1 aliphatic carbocycles. The van der Waals surface area contributed by atoms with E-state index in [0.29, 0.717) is 18.9 Å². The Kier molecular flexibility index (Phi) is 3.99. The Balaban J connectivity index is 1.19. The van der Waals surface area contributed by atoms with Gasteiger partial charge in [0.15, 0.2) is 0 Å². The second-order valence-corrected chi connectivity index (χ2v) is 8.13. The SMILES string of the molecule is Cc1ccc(CN2C[C@@H]3C(CC(=O)NCc4ccco4)[C@@H]3C2)s1. The molecule has 1 aliphatic heterocycles. The van der Waals surface area contributed by atoms with E-state index in [2.05, 4.69) is 29.3 Å². The Morgan fingerprint density at radius 1 is 1.35 bits per heavy atom. The molecule has 1 saturated carbocycles. The molecule has 0 bridgehead atoms. The summed E-state index contributed by atoms with van der Waals surface area (Å²) >= 11 is 1.89. The summed E-state index contributed by atoms with van der Waals surface area (Å²) in [6.07, 6.45) is 2.30. The van der Waals surface area contributed by atoms with Crippen molar-refractivity contribution in [2.75, 3.05) is 13.1 Å². The highest BCUT2D eigenvalue weighted by molar-refractivity contribution is 7.11. The van der Waals surface area contributed by atoms with Crippen molar-refractivity contribution < 1.29 is 9.21 Å². The maximum absolute atomic E-state index is 12.0. The van der Waals surface area contributed by atoms with Crippen molar-refractivity contribution in [2.45, 2.75) is 26.4 Å². The van der Waals surface area contributed by atoms with Crippen LogP contribution >= 0.6 is 11.3 Å². The maximum Gasteiger partial charge on any atom is 0.220 e. The Labute approximate surface area is 140 Å². The fraction of sp³-hybridized carbons (Fsp3) is 0.500. The van der Waals surface area contributed by atoms with E-state index in [4.69, 9.17) is 4.42 Å². The summed E-state index contributed by atoms with van der Waals surface area (Å²) in [7, 11) is 0. The second-order valence-electron chi connectivity index (χ2n) is 6.76. The third-order valence-corrected chi connectivity index (χ3v) is 6.07. The van der Waals surface area contributed by atoms with Gasteiger partial charge in [0.2, 0.25) is 5.91 Å². The molecule has 1 amide bonds. The van der Waals surface area contributed by atoms with Crippen molar-refractivity contribution in [3.05, 3.63) is 46.0 Å². The molecule has 2 aromatic heterocycles. The van der Waals surface area contributed by atoms with Crippen LogP contribution in [-0.2, 0) is 17.9 Å². The van der Waals surface area contributed by atoms with E-state index in [-0.39, 0.29) is 5.91 Å². The molecule has 23 heavy (non-hydrogen) atoms. The number of hydrogen-bond donors (Lipinski definition) is 1. The number of nitrogens with one attached hydrogen (secondary N) is 1. The molecule has 1 saturated heterocycles. The summed E-state index contributed by atoms with van der Waals surface area (Å²) in [5.74, 6) is 3.01. The van der Waals surface area contributed by atoms with Crippen LogP contribution in [0.3, 0.4) is 0 Å². The van der Waals surface area contributed by atoms with Crippen LogP contribution in [0.25, 0.3) is 0 Å². The van der Waals surface area contributed by atoms with Crippen molar-refractivity contribution in [1.29, 1.82) is 0 Å². The minimum atomic E-state index is 0.154. The minimum Gasteiger partial charge on any atom is -0.467 e. The Morgan fingerprint density at radius 2 is 2.17 bits per heavy atom. The smallest absolute Gasteiger partial charge is 0.220 e. The summed E-state index contributed by atoms with van der Waals surface area (Å²) in [5.41, 5.74) is 0. The topological polar surface area (TPSA) is 45.5 Å². The summed E-state index contributed by atoms with van der Waals surface area (Å²) in [5, 5.41) is 2.95. The van der Waals surface area contributed by atoms with Gasteiger partial charge in [0.1, 0.15) is 5.76 Å². The molecule has 122 valence electrons. The maximum atomic E-state index is 12.0. The average molecular weight is 330 g/mol. The van der Waals surface area contributed by atoms with Crippen molar-refractivity contribution in [1.82, 2.24) is 10.2 Å². The highest BCUT2D eigenvalue weighted by Gasteiger charge is 2.55. The lowest BCUT2D eigenvalue weighted by atomic mass is 10.2. The number of hydrogen-bond acceptors (Lipinski definition) is 4. The van der Waals surface area contributed by atoms with Crippen LogP contribution in [0.2, 0.25) is 0 Å². The first kappa shape index (κ1) is 15.0. The highest BCUT2D eigenvalue weighted by Crippen LogP contribution is 2.53. The zero-order valence-corrected chi connectivity index (χ0v) is 14.1. The number of piperidine rings is 1. The monoisotopic (exact) mass is 330 g/mol. The predicted molar refractivity (Wildman–Crippen MR) is 90.0 cm³/mol. The second kappa shape index (κ2) is 6.13. The molecule has 0 radical (unpaired) electrons. The summed E-state index contributed by atoms with van der Waals surface area (Å²) in [6.45, 7) is 6.03. The van der Waals surface area contributed by atoms with Gasteiger partial charge in [0.05, 0.1) is 12.8 Å². The summed E-state index contributed by atoms with van der Waals surface area (Å²) < 4.78 is 5.23. The Morgan fingerprint density at radius 3 is 2.83 bits per heavy atom. The van der Waals surface area contributed by atoms with Gasteiger partial charge in [0.25, 0.3) is 0 Å². The molecule has 0 aromatic carbocycles. The standard InChI is InChI=1S/C18H22N2O2S/c1-12-4-5-14(23-12)9-20-10-16-15(17(16)11-20)7-18(21)19-8-13-3-2-6-22-13/h2-6,15-17H,7-11H2,1H3,(H,19,21)/t15?,16-,17+. The number of carbonyl (C=O) groups is 1. The van der Waals surface area contributed by atoms with Gasteiger partial charge >= 0.3 is 0 Å². The highest BCUT2D eigenvalue weighted by atomic mass is 32.1. The van der Waals surface area contributed by atoms with Gasteiger partial charge in [-0.25, -0.2) is 0 Å². The number of aryl methyl sites for hydroxylation is 1. The molecule has 1 N–H and O–H groups in total. The number of fused-ring (bicyclic) bond motifs is 1. The number of amides is 1. The van der Waals surface area contributed by atoms with Crippen molar-refractivity contribution >= 4 is 17.2 Å². The third-order valence-electron chi connectivity index (χ3n) is 5.08. The van der Waals surface area contributed by atoms with Gasteiger partial charge in [-0.2, -0.15) is 0 Å². The van der Waals surface area contributed by atoms with Gasteiger partial charge in [-0.1, -0.05) is 0 Å². The van der Waals surface area contributed by atoms with E-state index in [1.807, 2.05) is 23.5 Å². The first-order valence-corrected chi connectivity index (χ1v) is 9.07. The Bertz CT molecular complexity index is 667. The van der Waals surface area contributed by atoms with Gasteiger partial charge in [-0.15, -0.1) is 11.3 Å². The lowest BCUT2D eigenvalue weighted by Crippen LogP contribution is -2.27. The lowest BCUT2D eigenvalue weighted by molar-refractivity contribution is -0.121. The van der Waals surface area contributed by atoms with E-state index in [1.54, 1.807) is 6.26 Å². The van der Waals surface area contributed by atoms with Crippen molar-refractivity contribution in [3.8, 4) is 0 Å². The van der Waals surface area contributed by atoms with Crippen LogP contribution in [0.1, 0.15) is 21.9 Å². The van der Waals surface area contributed by atoms with Gasteiger partial charge < -0.3 is 9.73 Å². The summed E-state index contributed by atoms with van der Waals surface area (Å²) in [6, 6.07) is 8.17. The number of likely N-dealkylation sites (tertiary alicyclic amines) is 1. The van der Waals surface area contributed by atoms with Crippen molar-refractivity contribution in [2.24, 2.45) is 17.8 Å². The van der Waals surface area contributed by atoms with Crippen LogP contribution in [0, 0.1) is 24.7 Å². The number of nitrogens with zero attached hydrogens (tertiary/aromatic N) is 1. The predicted octanol–water partition coefficient (Wildman–Crippen LogP) is 3.03. The molecule has 1 unspecified atom stereocenters. The fourth-order valence-corrected chi connectivity index (χ4v) is 4.78. The number of rotatable bonds is 6. The van der Waals surface area contributed by atoms with Crippen LogP contribution in [0.15, 0.2) is 34.9 Å². The van der Waals surface area contributed by atoms with E-state index in [9.17, 15) is 4.79 Å². The van der Waals surface area contributed by atoms with Crippen molar-refractivity contribution in [3.63, 3.8) is 0 Å². The van der Waals surface area contributed by atoms with Crippen LogP contribution < -0.4 is 5.32 Å². The quantitative estimate of drug-likeness (QED) is 0.885. The lowest BCUT2D eigenvalue weighted by Gasteiger charge is -2.18. The Hall–Kier alpha value is -1.59. The normalized spacial score (nSPS) is 26.2. The number of thiophene rings is 1. The molecular weight excluding hydrogens is 308 g/mol. The average Bonchev–Trinajstić information content (AvgIpc) is 3.04. The molecule has 5 heteroatoms. The largest absolute Gasteiger partial charge is 0.467 e. The van der Waals surface area contributed by atoms with E-state index in [0.717, 1.165) is 37.2 Å². The molecule has 4 rings (SSSR count). The van der Waals surface area contributed by atoms with Gasteiger partial charge in [-0.05, 0) is 48.9 Å². The summed E-state index contributed by atoms with van der Waals surface area (Å²) in [4.78, 5) is 17.4. The molecule has 3 atom stereocenters. The molecule has 2 fully saturated rings. The fourth-order valence-electron chi connectivity index (χ4n) is 3.84. The van der Waals surface area contributed by atoms with Crippen LogP contribution in [-0.4, -0.2) is 23.9 Å². The minimum absolute atomic E-state index is 0.154. The molecule has 2 aromatic rings. The zero-order valence-electron chi connectivity index (χ0n) is 13.3. The molecule has 0 spiro atoms. The van der Waals surface area contributed by atoms with E-state index in [1.165, 1.54) is 9.75 Å². The van der Waals surface area contributed by atoms with Gasteiger partial charge in [-0.3, -0.25) is 9.69 Å². The number of carbonyl (C=O) groups excluding carboxylic acids is 1. The number of furan rings is 1. The molecular formula is C18H22N2O2S. The van der Waals surface area contributed by atoms with E-state index >= 15 is 0 Å². The molecule has 2 aliphatic rings. The van der Waals surface area contributed by atoms with Gasteiger partial charge in [0, 0.05) is 35.8 Å². The first-order chi connectivity index (χ1) is 11.2. The molecule has 4 nitrogen and oxygen atoms in total. The third kappa shape index (κ3) is 3.35. The van der Waals surface area contributed by atoms with Crippen LogP contribution in [0.4, 0.5) is 0 Å². The zero-order chi connectivity index (χ0) is 15.8.